The Balaban J connectivity index is 2.28. The molecule has 102 valence electrons. The molecule has 3 N–H and O–H groups in total. The summed E-state index contributed by atoms with van der Waals surface area (Å²) in [4.78, 5) is 2.30. The van der Waals surface area contributed by atoms with Gasteiger partial charge in [-0.15, -0.1) is 0 Å². The highest BCUT2D eigenvalue weighted by molar-refractivity contribution is 7.11. The Morgan fingerprint density at radius 2 is 2.16 bits per heavy atom. The molecule has 2 aromatic rings. The van der Waals surface area contributed by atoms with Gasteiger partial charge in [0.25, 0.3) is 0 Å². The molecular weight excluding hydrogens is 256 g/mol. The molecule has 2 rings (SSSR count). The molecule has 1 aromatic carbocycles. The number of aromatic nitrogens is 1. The number of nitrogens with two attached hydrogens (primary N) is 1. The minimum absolute atomic E-state index is 0.238. The van der Waals surface area contributed by atoms with Crippen molar-refractivity contribution in [3.63, 3.8) is 0 Å². The van der Waals surface area contributed by atoms with E-state index in [0.29, 0.717) is 12.3 Å². The Morgan fingerprint density at radius 3 is 2.84 bits per heavy atom. The fourth-order valence-corrected chi connectivity index (χ4v) is 2.97. The third-order valence-electron chi connectivity index (χ3n) is 2.89. The van der Waals surface area contributed by atoms with Crippen LogP contribution in [-0.4, -0.2) is 23.3 Å². The van der Waals surface area contributed by atoms with E-state index < -0.39 is 0 Å². The van der Waals surface area contributed by atoms with Gasteiger partial charge in [0.05, 0.1) is 11.4 Å². The summed E-state index contributed by atoms with van der Waals surface area (Å²) in [5.41, 5.74) is 6.52. The van der Waals surface area contributed by atoms with Crippen molar-refractivity contribution >= 4 is 33.3 Å². The molecule has 0 bridgehead atoms. The molecule has 0 saturated heterocycles. The van der Waals surface area contributed by atoms with Gasteiger partial charge < -0.3 is 10.6 Å². The Hall–Kier alpha value is -1.62. The predicted molar refractivity (Wildman–Crippen MR) is 83.2 cm³/mol. The number of rotatable bonds is 6. The van der Waals surface area contributed by atoms with Gasteiger partial charge in [-0.3, -0.25) is 5.41 Å². The van der Waals surface area contributed by atoms with E-state index in [4.69, 9.17) is 11.1 Å². The topological polar surface area (TPSA) is 66.0 Å². The first-order valence-corrected chi connectivity index (χ1v) is 7.27. The van der Waals surface area contributed by atoms with Crippen LogP contribution < -0.4 is 10.6 Å². The fraction of sp³-hybridized carbons (Fsp3) is 0.429. The van der Waals surface area contributed by atoms with Crippen LogP contribution in [0, 0.1) is 11.3 Å². The van der Waals surface area contributed by atoms with E-state index in [9.17, 15) is 0 Å². The molecule has 0 aliphatic carbocycles. The molecule has 0 saturated carbocycles. The first-order valence-electron chi connectivity index (χ1n) is 6.50. The SMILES string of the molecule is CC(C)CN(CCC(=N)N)c1snc2ccccc12. The van der Waals surface area contributed by atoms with Crippen LogP contribution in [0.3, 0.4) is 0 Å². The minimum Gasteiger partial charge on any atom is -0.388 e. The molecule has 1 heterocycles. The number of nitrogens with one attached hydrogen (secondary N) is 1. The zero-order chi connectivity index (χ0) is 13.8. The van der Waals surface area contributed by atoms with Gasteiger partial charge in [0.15, 0.2) is 0 Å². The number of hydrogen-bond acceptors (Lipinski definition) is 4. The molecule has 0 spiro atoms. The van der Waals surface area contributed by atoms with Crippen molar-refractivity contribution < 1.29 is 0 Å². The largest absolute Gasteiger partial charge is 0.388 e. The Bertz CT molecular complexity index is 561. The average molecular weight is 276 g/mol. The van der Waals surface area contributed by atoms with Gasteiger partial charge >= 0.3 is 0 Å². The number of amidine groups is 1. The van der Waals surface area contributed by atoms with E-state index >= 15 is 0 Å². The highest BCUT2D eigenvalue weighted by Gasteiger charge is 2.14. The molecule has 4 nitrogen and oxygen atoms in total. The van der Waals surface area contributed by atoms with Gasteiger partial charge in [0.2, 0.25) is 0 Å². The van der Waals surface area contributed by atoms with Crippen LogP contribution in [0.15, 0.2) is 24.3 Å². The second kappa shape index (κ2) is 6.02. The highest BCUT2D eigenvalue weighted by atomic mass is 32.1. The molecule has 0 fully saturated rings. The molecule has 0 radical (unpaired) electrons. The normalized spacial score (nSPS) is 11.1. The standard InChI is InChI=1S/C14H20N4S/c1-10(2)9-18(8-7-13(15)16)14-11-5-3-4-6-12(11)17-19-14/h3-6,10H,7-9H2,1-2H3,(H3,15,16). The van der Waals surface area contributed by atoms with Crippen molar-refractivity contribution in [2.24, 2.45) is 11.7 Å². The molecule has 0 aliphatic rings. The Labute approximate surface area is 117 Å². The zero-order valence-corrected chi connectivity index (χ0v) is 12.2. The van der Waals surface area contributed by atoms with Crippen molar-refractivity contribution in [1.82, 2.24) is 4.37 Å². The first-order chi connectivity index (χ1) is 9.08. The van der Waals surface area contributed by atoms with Crippen LogP contribution in [-0.2, 0) is 0 Å². The third kappa shape index (κ3) is 3.44. The molecule has 19 heavy (non-hydrogen) atoms. The fourth-order valence-electron chi connectivity index (χ4n) is 2.08. The van der Waals surface area contributed by atoms with Crippen molar-refractivity contribution in [2.45, 2.75) is 20.3 Å². The van der Waals surface area contributed by atoms with Crippen molar-refractivity contribution in [1.29, 1.82) is 5.41 Å². The molecule has 1 aromatic heterocycles. The molecule has 0 atom stereocenters. The summed E-state index contributed by atoms with van der Waals surface area (Å²) in [6.07, 6.45) is 0.596. The van der Waals surface area contributed by atoms with Gasteiger partial charge in [-0.2, -0.15) is 4.37 Å². The summed E-state index contributed by atoms with van der Waals surface area (Å²) in [6, 6.07) is 8.19. The van der Waals surface area contributed by atoms with Crippen molar-refractivity contribution in [3.05, 3.63) is 24.3 Å². The second-order valence-corrected chi connectivity index (χ2v) is 5.87. The molecule has 0 unspecified atom stereocenters. The van der Waals surface area contributed by atoms with E-state index in [0.717, 1.165) is 18.6 Å². The quantitative estimate of drug-likeness (QED) is 0.629. The number of benzene rings is 1. The number of anilines is 1. The number of fused-ring (bicyclic) bond motifs is 1. The van der Waals surface area contributed by atoms with Crippen LogP contribution in [0.4, 0.5) is 5.00 Å². The van der Waals surface area contributed by atoms with Crippen LogP contribution >= 0.6 is 11.5 Å². The van der Waals surface area contributed by atoms with Gasteiger partial charge in [-0.25, -0.2) is 0 Å². The van der Waals surface area contributed by atoms with Crippen LogP contribution in [0.2, 0.25) is 0 Å². The van der Waals surface area contributed by atoms with Crippen molar-refractivity contribution in [2.75, 3.05) is 18.0 Å². The lowest BCUT2D eigenvalue weighted by Gasteiger charge is -2.25. The van der Waals surface area contributed by atoms with E-state index in [1.54, 1.807) is 0 Å². The summed E-state index contributed by atoms with van der Waals surface area (Å²) in [5, 5.41) is 9.77. The third-order valence-corrected chi connectivity index (χ3v) is 3.83. The average Bonchev–Trinajstić information content (AvgIpc) is 2.77. The maximum absolute atomic E-state index is 7.40. The summed E-state index contributed by atoms with van der Waals surface area (Å²) in [7, 11) is 0. The van der Waals surface area contributed by atoms with Gasteiger partial charge in [0.1, 0.15) is 5.00 Å². The maximum Gasteiger partial charge on any atom is 0.119 e. The summed E-state index contributed by atoms with van der Waals surface area (Å²) in [6.45, 7) is 6.13. The van der Waals surface area contributed by atoms with E-state index in [2.05, 4.69) is 29.2 Å². The second-order valence-electron chi connectivity index (χ2n) is 5.12. The van der Waals surface area contributed by atoms with Gasteiger partial charge in [0, 0.05) is 24.9 Å². The first kappa shape index (κ1) is 13.8. The van der Waals surface area contributed by atoms with E-state index in [1.807, 2.05) is 18.2 Å². The van der Waals surface area contributed by atoms with E-state index in [-0.39, 0.29) is 5.84 Å². The molecule has 5 heteroatoms. The number of hydrogen-bond donors (Lipinski definition) is 2. The van der Waals surface area contributed by atoms with Gasteiger partial charge in [-0.05, 0) is 29.6 Å². The molecule has 0 amide bonds. The zero-order valence-electron chi connectivity index (χ0n) is 11.4. The number of nitrogens with zero attached hydrogens (tertiary/aromatic N) is 2. The Kier molecular flexibility index (Phi) is 4.37. The van der Waals surface area contributed by atoms with Gasteiger partial charge in [-0.1, -0.05) is 26.0 Å². The Morgan fingerprint density at radius 1 is 1.42 bits per heavy atom. The van der Waals surface area contributed by atoms with Crippen LogP contribution in [0.5, 0.6) is 0 Å². The van der Waals surface area contributed by atoms with Crippen LogP contribution in [0.1, 0.15) is 20.3 Å². The predicted octanol–water partition coefficient (Wildman–Crippen LogP) is 3.08. The lowest BCUT2D eigenvalue weighted by Crippen LogP contribution is -2.30. The van der Waals surface area contributed by atoms with Crippen LogP contribution in [0.25, 0.3) is 10.9 Å². The van der Waals surface area contributed by atoms with E-state index in [1.165, 1.54) is 21.9 Å². The smallest absolute Gasteiger partial charge is 0.119 e. The minimum atomic E-state index is 0.238. The molecular formula is C14H20N4S. The summed E-state index contributed by atoms with van der Waals surface area (Å²) in [5.74, 6) is 0.801. The summed E-state index contributed by atoms with van der Waals surface area (Å²) < 4.78 is 4.49. The summed E-state index contributed by atoms with van der Waals surface area (Å²) >= 11 is 1.53. The lowest BCUT2D eigenvalue weighted by molar-refractivity contribution is 0.616. The lowest BCUT2D eigenvalue weighted by atomic mass is 10.2. The monoisotopic (exact) mass is 276 g/mol. The van der Waals surface area contributed by atoms with Crippen molar-refractivity contribution in [3.8, 4) is 0 Å². The highest BCUT2D eigenvalue weighted by Crippen LogP contribution is 2.31. The maximum atomic E-state index is 7.40. The molecule has 0 aliphatic heterocycles.